The second kappa shape index (κ2) is 7.28. The Labute approximate surface area is 142 Å². The predicted molar refractivity (Wildman–Crippen MR) is 94.6 cm³/mol. The van der Waals surface area contributed by atoms with Crippen LogP contribution in [0.25, 0.3) is 0 Å². The molecule has 0 fully saturated rings. The number of quaternary nitrogens is 1. The number of fused-ring (bicyclic) bond motifs is 1. The molecule has 23 heavy (non-hydrogen) atoms. The van der Waals surface area contributed by atoms with Gasteiger partial charge < -0.3 is 10.2 Å². The molecule has 1 aliphatic rings. The van der Waals surface area contributed by atoms with Gasteiger partial charge in [-0.2, -0.15) is 0 Å². The third-order valence-electron chi connectivity index (χ3n) is 4.74. The van der Waals surface area contributed by atoms with E-state index in [1.807, 2.05) is 17.4 Å². The molecule has 0 aliphatic carbocycles. The highest BCUT2D eigenvalue weighted by molar-refractivity contribution is 7.10. The van der Waals surface area contributed by atoms with E-state index in [-0.39, 0.29) is 11.9 Å². The molecule has 2 aromatic rings. The van der Waals surface area contributed by atoms with E-state index in [9.17, 15) is 4.79 Å². The van der Waals surface area contributed by atoms with Gasteiger partial charge in [-0.15, -0.1) is 11.3 Å². The number of amides is 1. The van der Waals surface area contributed by atoms with Crippen molar-refractivity contribution in [3.63, 3.8) is 0 Å². The average molecular weight is 329 g/mol. The van der Waals surface area contributed by atoms with Crippen molar-refractivity contribution in [2.45, 2.75) is 38.8 Å². The molecule has 0 bridgehead atoms. The molecule has 0 radical (unpaired) electrons. The van der Waals surface area contributed by atoms with Crippen LogP contribution in [0.4, 0.5) is 0 Å². The first-order chi connectivity index (χ1) is 11.2. The Morgan fingerprint density at radius 3 is 2.87 bits per heavy atom. The zero-order valence-corrected chi connectivity index (χ0v) is 14.7. The number of carbonyl (C=O) groups excluding carboxylic acids is 1. The van der Waals surface area contributed by atoms with Crippen molar-refractivity contribution in [3.8, 4) is 0 Å². The van der Waals surface area contributed by atoms with Crippen LogP contribution in [-0.2, 0) is 11.2 Å². The number of hydrogen-bond donors (Lipinski definition) is 1. The van der Waals surface area contributed by atoms with Gasteiger partial charge >= 0.3 is 0 Å². The van der Waals surface area contributed by atoms with Gasteiger partial charge in [-0.3, -0.25) is 4.79 Å². The third kappa shape index (κ3) is 3.48. The summed E-state index contributed by atoms with van der Waals surface area (Å²) in [7, 11) is 0. The molecule has 4 heteroatoms. The molecule has 122 valence electrons. The topological polar surface area (TPSA) is 36.9 Å². The van der Waals surface area contributed by atoms with Crippen LogP contribution >= 0.6 is 11.3 Å². The molecular formula is C19H25N2OS+. The molecular weight excluding hydrogens is 304 g/mol. The first-order valence-corrected chi connectivity index (χ1v) is 9.32. The van der Waals surface area contributed by atoms with Crippen LogP contribution in [0.2, 0.25) is 0 Å². The van der Waals surface area contributed by atoms with Gasteiger partial charge in [0.2, 0.25) is 0 Å². The summed E-state index contributed by atoms with van der Waals surface area (Å²) in [6.07, 6.45) is 2.06. The molecule has 1 aromatic carbocycles. The zero-order valence-electron chi connectivity index (χ0n) is 13.9. The Balaban J connectivity index is 1.85. The summed E-state index contributed by atoms with van der Waals surface area (Å²) in [5.74, 6) is 0.246. The lowest BCUT2D eigenvalue weighted by molar-refractivity contribution is -0.676. The Morgan fingerprint density at radius 2 is 2.13 bits per heavy atom. The summed E-state index contributed by atoms with van der Waals surface area (Å²) in [4.78, 5) is 16.3. The molecule has 2 N–H and O–H groups in total. The van der Waals surface area contributed by atoms with Crippen LogP contribution < -0.4 is 5.32 Å². The maximum Gasteiger partial charge on any atom is 0.278 e. The van der Waals surface area contributed by atoms with E-state index in [2.05, 4.69) is 59.8 Å². The first-order valence-electron chi connectivity index (χ1n) is 8.44. The van der Waals surface area contributed by atoms with Gasteiger partial charge in [0.1, 0.15) is 0 Å². The lowest BCUT2D eigenvalue weighted by Crippen LogP contribution is -2.91. The Bertz CT molecular complexity index is 652. The number of thiophene rings is 1. The molecule has 0 saturated carbocycles. The highest BCUT2D eigenvalue weighted by Crippen LogP contribution is 2.37. The standard InChI is InChI=1S/C19H24N2OS/c1-3-14(2)20-13-18(22)21-11-9-17-16(10-12-23-17)19(21)15-7-5-4-6-8-15/h4-8,10,12,14,19-20H,3,9,11,13H2,1-2H3/p+1/t14-,19-/m0/s1. The quantitative estimate of drug-likeness (QED) is 0.899. The zero-order chi connectivity index (χ0) is 16.2. The van der Waals surface area contributed by atoms with E-state index >= 15 is 0 Å². The number of benzene rings is 1. The Kier molecular flexibility index (Phi) is 5.13. The molecule has 2 heterocycles. The van der Waals surface area contributed by atoms with Crippen molar-refractivity contribution in [2.24, 2.45) is 0 Å². The molecule has 1 aromatic heterocycles. The molecule has 0 spiro atoms. The molecule has 3 nitrogen and oxygen atoms in total. The van der Waals surface area contributed by atoms with E-state index in [4.69, 9.17) is 0 Å². The van der Waals surface area contributed by atoms with Crippen LogP contribution in [0.15, 0.2) is 41.8 Å². The van der Waals surface area contributed by atoms with Gasteiger partial charge in [0.15, 0.2) is 6.54 Å². The fourth-order valence-electron chi connectivity index (χ4n) is 3.17. The van der Waals surface area contributed by atoms with Gasteiger partial charge in [-0.05, 0) is 42.3 Å². The van der Waals surface area contributed by atoms with E-state index < -0.39 is 0 Å². The van der Waals surface area contributed by atoms with Crippen molar-refractivity contribution in [1.29, 1.82) is 0 Å². The molecule has 0 unspecified atom stereocenters. The number of hydrogen-bond acceptors (Lipinski definition) is 2. The van der Waals surface area contributed by atoms with Crippen LogP contribution in [0.3, 0.4) is 0 Å². The van der Waals surface area contributed by atoms with Crippen molar-refractivity contribution in [2.75, 3.05) is 13.1 Å². The van der Waals surface area contributed by atoms with Crippen molar-refractivity contribution >= 4 is 17.2 Å². The number of nitrogens with zero attached hydrogens (tertiary/aromatic N) is 1. The fourth-order valence-corrected chi connectivity index (χ4v) is 4.07. The lowest BCUT2D eigenvalue weighted by atomic mass is 9.93. The van der Waals surface area contributed by atoms with Gasteiger partial charge in [-0.25, -0.2) is 0 Å². The first kappa shape index (κ1) is 16.2. The van der Waals surface area contributed by atoms with Crippen molar-refractivity contribution in [1.82, 2.24) is 4.90 Å². The number of rotatable bonds is 5. The third-order valence-corrected chi connectivity index (χ3v) is 5.74. The maximum absolute atomic E-state index is 12.8. The maximum atomic E-state index is 12.8. The SMILES string of the molecule is CC[C@H](C)[NH2+]CC(=O)N1CCc2sccc2[C@@H]1c1ccccc1. The molecule has 1 aliphatic heterocycles. The van der Waals surface area contributed by atoms with Gasteiger partial charge in [-0.1, -0.05) is 37.3 Å². The molecule has 0 saturated heterocycles. The fraction of sp³-hybridized carbons (Fsp3) is 0.421. The summed E-state index contributed by atoms with van der Waals surface area (Å²) >= 11 is 1.81. The number of nitrogens with two attached hydrogens (primary N) is 1. The monoisotopic (exact) mass is 329 g/mol. The van der Waals surface area contributed by atoms with E-state index in [0.29, 0.717) is 12.6 Å². The molecule has 1 amide bonds. The average Bonchev–Trinajstić information content (AvgIpc) is 3.07. The second-order valence-electron chi connectivity index (χ2n) is 6.27. The van der Waals surface area contributed by atoms with Crippen LogP contribution in [0, 0.1) is 0 Å². The Morgan fingerprint density at radius 1 is 1.35 bits per heavy atom. The van der Waals surface area contributed by atoms with E-state index in [1.54, 1.807) is 0 Å². The molecule has 3 rings (SSSR count). The summed E-state index contributed by atoms with van der Waals surface area (Å²) in [6.45, 7) is 5.70. The second-order valence-corrected chi connectivity index (χ2v) is 7.28. The van der Waals surface area contributed by atoms with Gasteiger partial charge in [0.25, 0.3) is 5.91 Å². The highest BCUT2D eigenvalue weighted by Gasteiger charge is 2.33. The highest BCUT2D eigenvalue weighted by atomic mass is 32.1. The summed E-state index contributed by atoms with van der Waals surface area (Å²) in [5.41, 5.74) is 2.52. The van der Waals surface area contributed by atoms with Crippen LogP contribution in [0.1, 0.15) is 42.3 Å². The minimum absolute atomic E-state index is 0.0732. The van der Waals surface area contributed by atoms with Crippen LogP contribution in [-0.4, -0.2) is 29.9 Å². The predicted octanol–water partition coefficient (Wildman–Crippen LogP) is 2.58. The minimum Gasteiger partial charge on any atom is -0.336 e. The molecule has 2 atom stereocenters. The van der Waals surface area contributed by atoms with E-state index in [1.165, 1.54) is 16.0 Å². The normalized spacial score (nSPS) is 18.5. The minimum atomic E-state index is 0.0732. The summed E-state index contributed by atoms with van der Waals surface area (Å²) in [6, 6.07) is 13.2. The summed E-state index contributed by atoms with van der Waals surface area (Å²) in [5, 5.41) is 4.31. The number of carbonyl (C=O) groups is 1. The van der Waals surface area contributed by atoms with Gasteiger partial charge in [0, 0.05) is 11.4 Å². The largest absolute Gasteiger partial charge is 0.336 e. The van der Waals surface area contributed by atoms with Crippen LogP contribution in [0.5, 0.6) is 0 Å². The van der Waals surface area contributed by atoms with Crippen molar-refractivity contribution in [3.05, 3.63) is 57.8 Å². The Hall–Kier alpha value is -1.65. The lowest BCUT2D eigenvalue weighted by Gasteiger charge is -2.36. The van der Waals surface area contributed by atoms with Gasteiger partial charge in [0.05, 0.1) is 12.1 Å². The van der Waals surface area contributed by atoms with Crippen molar-refractivity contribution < 1.29 is 10.1 Å². The smallest absolute Gasteiger partial charge is 0.278 e. The van der Waals surface area contributed by atoms with E-state index in [0.717, 1.165) is 19.4 Å². The summed E-state index contributed by atoms with van der Waals surface area (Å²) < 4.78 is 0.